The number of nitrogens with zero attached hydrogens (tertiary/aromatic N) is 1. The van der Waals surface area contributed by atoms with Crippen molar-refractivity contribution >= 4 is 5.91 Å². The number of halogens is 2. The number of fused-ring (bicyclic) bond motifs is 1. The number of hydrogen-bond acceptors (Lipinski definition) is 5. The van der Waals surface area contributed by atoms with Gasteiger partial charge in [-0.25, -0.2) is 0 Å². The summed E-state index contributed by atoms with van der Waals surface area (Å²) in [6, 6.07) is 9.36. The van der Waals surface area contributed by atoms with Crippen LogP contribution in [-0.2, 0) is 6.54 Å². The zero-order valence-electron chi connectivity index (χ0n) is 14.9. The van der Waals surface area contributed by atoms with Gasteiger partial charge >= 0.3 is 6.61 Å². The third-order valence-corrected chi connectivity index (χ3v) is 3.99. The molecule has 0 aromatic heterocycles. The predicted octanol–water partition coefficient (Wildman–Crippen LogP) is 3.34. The number of carbonyl (C=O) groups excluding carboxylic acids is 1. The molecule has 27 heavy (non-hydrogen) atoms. The van der Waals surface area contributed by atoms with E-state index in [0.717, 1.165) is 5.56 Å². The normalized spacial score (nSPS) is 12.6. The maximum atomic E-state index is 12.8. The number of benzene rings is 2. The molecule has 144 valence electrons. The Kier molecular flexibility index (Phi) is 5.63. The van der Waals surface area contributed by atoms with E-state index in [1.165, 1.54) is 24.1 Å². The lowest BCUT2D eigenvalue weighted by Gasteiger charge is -2.23. The minimum Gasteiger partial charge on any atom is -0.493 e. The van der Waals surface area contributed by atoms with Gasteiger partial charge in [-0.05, 0) is 29.8 Å². The van der Waals surface area contributed by atoms with Crippen LogP contribution in [0.4, 0.5) is 8.78 Å². The molecule has 0 saturated carbocycles. The molecule has 1 aliphatic heterocycles. The highest BCUT2D eigenvalue weighted by Gasteiger charge is 2.22. The van der Waals surface area contributed by atoms with Crippen LogP contribution in [0.25, 0.3) is 0 Å². The first kappa shape index (κ1) is 18.8. The third-order valence-electron chi connectivity index (χ3n) is 3.99. The summed E-state index contributed by atoms with van der Waals surface area (Å²) in [7, 11) is 3.14. The molecule has 0 aliphatic carbocycles. The summed E-state index contributed by atoms with van der Waals surface area (Å²) >= 11 is 0. The van der Waals surface area contributed by atoms with Gasteiger partial charge in [0.05, 0.1) is 7.11 Å². The quantitative estimate of drug-likeness (QED) is 0.771. The number of methoxy groups -OCH3 is 1. The molecule has 0 N–H and O–H groups in total. The van der Waals surface area contributed by atoms with Crippen molar-refractivity contribution in [1.29, 1.82) is 0 Å². The van der Waals surface area contributed by atoms with Crippen molar-refractivity contribution < 1.29 is 32.5 Å². The topological polar surface area (TPSA) is 57.2 Å². The Bertz CT molecular complexity index is 793. The van der Waals surface area contributed by atoms with Crippen LogP contribution in [-0.4, -0.2) is 44.8 Å². The number of ether oxygens (including phenoxy) is 4. The van der Waals surface area contributed by atoms with Crippen LogP contribution < -0.4 is 18.9 Å². The van der Waals surface area contributed by atoms with Crippen molar-refractivity contribution in [1.82, 2.24) is 4.90 Å². The van der Waals surface area contributed by atoms with Crippen LogP contribution in [0.3, 0.4) is 0 Å². The number of carbonyl (C=O) groups is 1. The van der Waals surface area contributed by atoms with Crippen molar-refractivity contribution in [3.05, 3.63) is 47.5 Å². The Labute approximate surface area is 155 Å². The molecular formula is C19H19F2NO5. The molecular weight excluding hydrogens is 360 g/mol. The Morgan fingerprint density at radius 2 is 1.89 bits per heavy atom. The lowest BCUT2D eigenvalue weighted by atomic mass is 10.1. The number of rotatable bonds is 6. The van der Waals surface area contributed by atoms with Crippen LogP contribution in [0.2, 0.25) is 0 Å². The molecule has 0 radical (unpaired) electrons. The van der Waals surface area contributed by atoms with Crippen molar-refractivity contribution in [3.63, 3.8) is 0 Å². The lowest BCUT2D eigenvalue weighted by Crippen LogP contribution is -2.26. The summed E-state index contributed by atoms with van der Waals surface area (Å²) < 4.78 is 45.1. The average molecular weight is 379 g/mol. The first-order valence-corrected chi connectivity index (χ1v) is 8.25. The first-order chi connectivity index (χ1) is 13.0. The van der Waals surface area contributed by atoms with Crippen molar-refractivity contribution in [2.45, 2.75) is 13.2 Å². The van der Waals surface area contributed by atoms with E-state index in [9.17, 15) is 13.6 Å². The second-order valence-corrected chi connectivity index (χ2v) is 5.89. The molecule has 1 heterocycles. The summed E-state index contributed by atoms with van der Waals surface area (Å²) in [5.74, 6) is 1.21. The molecule has 1 amide bonds. The van der Waals surface area contributed by atoms with Gasteiger partial charge in [-0.3, -0.25) is 4.79 Å². The Morgan fingerprint density at radius 3 is 2.56 bits per heavy atom. The number of alkyl halides is 2. The van der Waals surface area contributed by atoms with E-state index in [-0.39, 0.29) is 11.7 Å². The van der Waals surface area contributed by atoms with Crippen LogP contribution in [0.15, 0.2) is 36.4 Å². The average Bonchev–Trinajstić information content (AvgIpc) is 2.67. The Balaban J connectivity index is 1.73. The van der Waals surface area contributed by atoms with E-state index in [1.807, 2.05) is 0 Å². The van der Waals surface area contributed by atoms with E-state index < -0.39 is 6.61 Å². The smallest absolute Gasteiger partial charge is 0.387 e. The molecule has 8 heteroatoms. The highest BCUT2D eigenvalue weighted by atomic mass is 19.3. The fourth-order valence-electron chi connectivity index (χ4n) is 2.74. The summed E-state index contributed by atoms with van der Waals surface area (Å²) in [5, 5.41) is 0. The van der Waals surface area contributed by atoms with Gasteiger partial charge in [0.1, 0.15) is 19.0 Å². The summed E-state index contributed by atoms with van der Waals surface area (Å²) in [5.41, 5.74) is 1.17. The van der Waals surface area contributed by atoms with Crippen molar-refractivity contribution in [2.24, 2.45) is 0 Å². The van der Waals surface area contributed by atoms with Crippen molar-refractivity contribution in [3.8, 4) is 23.0 Å². The Morgan fingerprint density at radius 1 is 1.19 bits per heavy atom. The monoisotopic (exact) mass is 379 g/mol. The molecule has 1 aliphatic rings. The molecule has 0 spiro atoms. The fourth-order valence-corrected chi connectivity index (χ4v) is 2.74. The fraction of sp³-hybridized carbons (Fsp3) is 0.316. The maximum absolute atomic E-state index is 12.8. The molecule has 0 saturated heterocycles. The first-order valence-electron chi connectivity index (χ1n) is 8.25. The molecule has 0 bridgehead atoms. The maximum Gasteiger partial charge on any atom is 0.387 e. The lowest BCUT2D eigenvalue weighted by molar-refractivity contribution is -0.0498. The van der Waals surface area contributed by atoms with Gasteiger partial charge in [-0.1, -0.05) is 12.1 Å². The van der Waals surface area contributed by atoms with Crippen LogP contribution in [0.5, 0.6) is 23.0 Å². The van der Waals surface area contributed by atoms with Crippen LogP contribution in [0.1, 0.15) is 15.9 Å². The number of amides is 1. The van der Waals surface area contributed by atoms with Gasteiger partial charge in [0.25, 0.3) is 5.91 Å². The molecule has 0 unspecified atom stereocenters. The summed E-state index contributed by atoms with van der Waals surface area (Å²) in [4.78, 5) is 14.3. The number of hydrogen-bond donors (Lipinski definition) is 0. The second-order valence-electron chi connectivity index (χ2n) is 5.89. The molecule has 2 aromatic rings. The van der Waals surface area contributed by atoms with E-state index in [1.54, 1.807) is 31.3 Å². The van der Waals surface area contributed by atoms with Gasteiger partial charge < -0.3 is 23.8 Å². The van der Waals surface area contributed by atoms with Crippen LogP contribution >= 0.6 is 0 Å². The SMILES string of the molecule is COc1cc(C(=O)N(C)Cc2ccc(OC(F)F)cc2)cc2c1OCCO2. The largest absolute Gasteiger partial charge is 0.493 e. The van der Waals surface area contributed by atoms with E-state index in [0.29, 0.717) is 42.6 Å². The minimum absolute atomic E-state index is 0.0688. The highest BCUT2D eigenvalue weighted by Crippen LogP contribution is 2.40. The Hall–Kier alpha value is -3.03. The van der Waals surface area contributed by atoms with Gasteiger partial charge in [-0.15, -0.1) is 0 Å². The molecule has 2 aromatic carbocycles. The highest BCUT2D eigenvalue weighted by molar-refractivity contribution is 5.95. The minimum atomic E-state index is -2.87. The van der Waals surface area contributed by atoms with E-state index in [2.05, 4.69) is 4.74 Å². The standard InChI is InChI=1S/C19H19F2NO5/c1-22(11-12-3-5-14(6-4-12)27-19(20)21)18(23)13-9-15(24-2)17-16(10-13)25-7-8-26-17/h3-6,9-10,19H,7-8,11H2,1-2H3. The zero-order valence-corrected chi connectivity index (χ0v) is 14.9. The third kappa shape index (κ3) is 4.39. The second kappa shape index (κ2) is 8.11. The zero-order chi connectivity index (χ0) is 19.4. The van der Waals surface area contributed by atoms with Crippen molar-refractivity contribution in [2.75, 3.05) is 27.4 Å². The molecule has 3 rings (SSSR count). The molecule has 0 atom stereocenters. The van der Waals surface area contributed by atoms with Gasteiger partial charge in [0, 0.05) is 19.2 Å². The summed E-state index contributed by atoms with van der Waals surface area (Å²) in [6.07, 6.45) is 0. The van der Waals surface area contributed by atoms with E-state index in [4.69, 9.17) is 14.2 Å². The van der Waals surface area contributed by atoms with Crippen LogP contribution in [0, 0.1) is 0 Å². The predicted molar refractivity (Wildman–Crippen MR) is 92.9 cm³/mol. The van der Waals surface area contributed by atoms with E-state index >= 15 is 0 Å². The summed E-state index contributed by atoms with van der Waals surface area (Å²) in [6.45, 7) is -1.76. The molecule has 6 nitrogen and oxygen atoms in total. The van der Waals surface area contributed by atoms with Gasteiger partial charge in [-0.2, -0.15) is 8.78 Å². The van der Waals surface area contributed by atoms with Gasteiger partial charge in [0.2, 0.25) is 5.75 Å². The van der Waals surface area contributed by atoms with Gasteiger partial charge in [0.15, 0.2) is 11.5 Å². The molecule has 0 fully saturated rings.